The third kappa shape index (κ3) is 4.28. The van der Waals surface area contributed by atoms with Gasteiger partial charge in [0.05, 0.1) is 10.4 Å². The lowest BCUT2D eigenvalue weighted by atomic mass is 10.1. The van der Waals surface area contributed by atoms with Crippen LogP contribution in [0.2, 0.25) is 0 Å². The molecule has 2 aromatic rings. The highest BCUT2D eigenvalue weighted by atomic mass is 32.2. The number of aromatic nitrogens is 1. The van der Waals surface area contributed by atoms with Gasteiger partial charge in [-0.1, -0.05) is 32.0 Å². The van der Waals surface area contributed by atoms with Crippen molar-refractivity contribution in [3.63, 3.8) is 0 Å². The number of hydrogen-bond donors (Lipinski definition) is 0. The molecule has 0 unspecified atom stereocenters. The maximum atomic E-state index is 13.0. The Morgan fingerprint density at radius 3 is 2.61 bits per heavy atom. The Labute approximate surface area is 187 Å². The molecular weight excluding hydrogens is 410 g/mol. The fraction of sp³-hybridized carbons (Fsp3) is 0.458. The van der Waals surface area contributed by atoms with Crippen LogP contribution in [0.15, 0.2) is 29.3 Å². The van der Waals surface area contributed by atoms with Crippen LogP contribution in [0.3, 0.4) is 0 Å². The second kappa shape index (κ2) is 9.30. The van der Waals surface area contributed by atoms with Crippen molar-refractivity contribution in [2.24, 2.45) is 0 Å². The average molecular weight is 440 g/mol. The van der Waals surface area contributed by atoms with Crippen molar-refractivity contribution in [3.8, 4) is 0 Å². The van der Waals surface area contributed by atoms with Gasteiger partial charge >= 0.3 is 0 Å². The molecule has 0 bridgehead atoms. The highest BCUT2D eigenvalue weighted by Gasteiger charge is 2.34. The monoisotopic (exact) mass is 439 g/mol. The molecular formula is C24H29N3O3S. The Morgan fingerprint density at radius 2 is 1.90 bits per heavy atom. The molecule has 0 radical (unpaired) electrons. The van der Waals surface area contributed by atoms with Crippen molar-refractivity contribution in [1.29, 1.82) is 0 Å². The predicted molar refractivity (Wildman–Crippen MR) is 125 cm³/mol. The first-order chi connectivity index (χ1) is 15.0. The molecule has 3 heterocycles. The molecule has 164 valence electrons. The highest BCUT2D eigenvalue weighted by Crippen LogP contribution is 2.35. The number of carbonyl (C=O) groups excluding carboxylic acids is 3. The zero-order chi connectivity index (χ0) is 22.0. The molecule has 2 aliphatic rings. The van der Waals surface area contributed by atoms with E-state index >= 15 is 0 Å². The van der Waals surface area contributed by atoms with Crippen LogP contribution in [0.4, 0.5) is 4.79 Å². The standard InChI is InChI=1S/C24H29N3O3S/c1-3-11-27-23(29)20(31-24(27)30)14-18-15-26(16-21(28)25-12-6-5-7-13-25)22-17(4-2)9-8-10-19(18)22/h8-10,14-15H,3-7,11-13,16H2,1-2H3/b20-14-. The van der Waals surface area contributed by atoms with Gasteiger partial charge in [0, 0.05) is 36.8 Å². The van der Waals surface area contributed by atoms with E-state index in [0.717, 1.165) is 67.0 Å². The van der Waals surface area contributed by atoms with E-state index in [1.54, 1.807) is 0 Å². The molecule has 2 saturated heterocycles. The van der Waals surface area contributed by atoms with Crippen molar-refractivity contribution < 1.29 is 14.4 Å². The van der Waals surface area contributed by atoms with Gasteiger partial charge in [-0.15, -0.1) is 0 Å². The first-order valence-electron chi connectivity index (χ1n) is 11.2. The van der Waals surface area contributed by atoms with Crippen molar-refractivity contribution in [2.45, 2.75) is 52.5 Å². The summed E-state index contributed by atoms with van der Waals surface area (Å²) < 4.78 is 2.02. The summed E-state index contributed by atoms with van der Waals surface area (Å²) in [5, 5.41) is 0.796. The minimum atomic E-state index is -0.228. The first-order valence-corrected chi connectivity index (χ1v) is 12.0. The second-order valence-electron chi connectivity index (χ2n) is 8.15. The van der Waals surface area contributed by atoms with Gasteiger partial charge in [0.1, 0.15) is 6.54 Å². The number of imide groups is 1. The number of piperidine rings is 1. The summed E-state index contributed by atoms with van der Waals surface area (Å²) >= 11 is 0.995. The summed E-state index contributed by atoms with van der Waals surface area (Å²) in [7, 11) is 0. The van der Waals surface area contributed by atoms with E-state index in [9.17, 15) is 14.4 Å². The number of para-hydroxylation sites is 1. The number of hydrogen-bond acceptors (Lipinski definition) is 4. The van der Waals surface area contributed by atoms with Crippen LogP contribution in [-0.2, 0) is 22.6 Å². The van der Waals surface area contributed by atoms with E-state index < -0.39 is 0 Å². The van der Waals surface area contributed by atoms with Crippen LogP contribution in [0.25, 0.3) is 17.0 Å². The zero-order valence-corrected chi connectivity index (χ0v) is 19.0. The van der Waals surface area contributed by atoms with Crippen LogP contribution in [-0.4, -0.2) is 51.1 Å². The number of thioether (sulfide) groups is 1. The Bertz CT molecular complexity index is 1050. The number of fused-ring (bicyclic) bond motifs is 1. The summed E-state index contributed by atoms with van der Waals surface area (Å²) in [5.74, 6) is -0.0916. The van der Waals surface area contributed by atoms with Gasteiger partial charge < -0.3 is 9.47 Å². The van der Waals surface area contributed by atoms with Crippen LogP contribution < -0.4 is 0 Å². The van der Waals surface area contributed by atoms with E-state index in [1.165, 1.54) is 16.9 Å². The lowest BCUT2D eigenvalue weighted by Gasteiger charge is -2.27. The smallest absolute Gasteiger partial charge is 0.293 e. The molecule has 1 aromatic carbocycles. The molecule has 2 aliphatic heterocycles. The molecule has 4 rings (SSSR count). The van der Waals surface area contributed by atoms with Gasteiger partial charge in [0.15, 0.2) is 0 Å². The normalized spacial score (nSPS) is 18.6. The molecule has 0 N–H and O–H groups in total. The number of amides is 3. The van der Waals surface area contributed by atoms with Gasteiger partial charge in [-0.2, -0.15) is 0 Å². The topological polar surface area (TPSA) is 62.6 Å². The van der Waals surface area contributed by atoms with Crippen LogP contribution >= 0.6 is 11.8 Å². The fourth-order valence-electron chi connectivity index (χ4n) is 4.44. The van der Waals surface area contributed by atoms with E-state index in [-0.39, 0.29) is 17.1 Å². The summed E-state index contributed by atoms with van der Waals surface area (Å²) in [6.07, 6.45) is 8.68. The van der Waals surface area contributed by atoms with Gasteiger partial charge in [0.2, 0.25) is 5.91 Å². The fourth-order valence-corrected chi connectivity index (χ4v) is 5.29. The maximum absolute atomic E-state index is 13.0. The Balaban J connectivity index is 1.71. The molecule has 0 atom stereocenters. The summed E-state index contributed by atoms with van der Waals surface area (Å²) in [6.45, 7) is 6.44. The van der Waals surface area contributed by atoms with Gasteiger partial charge in [0.25, 0.3) is 11.1 Å². The maximum Gasteiger partial charge on any atom is 0.293 e. The largest absolute Gasteiger partial charge is 0.341 e. The summed E-state index contributed by atoms with van der Waals surface area (Å²) in [5.41, 5.74) is 3.08. The van der Waals surface area contributed by atoms with Gasteiger partial charge in [-0.05, 0) is 55.5 Å². The Kier molecular flexibility index (Phi) is 6.51. The number of benzene rings is 1. The van der Waals surface area contributed by atoms with E-state index in [2.05, 4.69) is 13.0 Å². The Hall–Kier alpha value is -2.54. The average Bonchev–Trinajstić information content (AvgIpc) is 3.26. The summed E-state index contributed by atoms with van der Waals surface area (Å²) in [4.78, 5) is 41.6. The van der Waals surface area contributed by atoms with Crippen molar-refractivity contribution in [2.75, 3.05) is 19.6 Å². The molecule has 1 aromatic heterocycles. The van der Waals surface area contributed by atoms with Crippen LogP contribution in [0.1, 0.15) is 50.7 Å². The predicted octanol–water partition coefficient (Wildman–Crippen LogP) is 4.66. The number of likely N-dealkylation sites (tertiary alicyclic amines) is 1. The van der Waals surface area contributed by atoms with Crippen LogP contribution in [0.5, 0.6) is 0 Å². The van der Waals surface area contributed by atoms with Crippen molar-refractivity contribution in [3.05, 3.63) is 40.4 Å². The first kappa shape index (κ1) is 21.7. The van der Waals surface area contributed by atoms with Crippen molar-refractivity contribution in [1.82, 2.24) is 14.4 Å². The number of nitrogens with zero attached hydrogens (tertiary/aromatic N) is 3. The number of carbonyl (C=O) groups is 3. The SMILES string of the molecule is CCCN1C(=O)S/C(=C\c2cn(CC(=O)N3CCCCC3)c3c(CC)cccc23)C1=O. The highest BCUT2D eigenvalue weighted by molar-refractivity contribution is 8.18. The second-order valence-corrected chi connectivity index (χ2v) is 9.15. The number of aryl methyl sites for hydroxylation is 1. The minimum absolute atomic E-state index is 0.136. The molecule has 0 aliphatic carbocycles. The third-order valence-electron chi connectivity index (χ3n) is 6.02. The van der Waals surface area contributed by atoms with E-state index in [4.69, 9.17) is 0 Å². The Morgan fingerprint density at radius 1 is 1.13 bits per heavy atom. The van der Waals surface area contributed by atoms with Crippen molar-refractivity contribution >= 4 is 45.8 Å². The van der Waals surface area contributed by atoms with E-state index in [1.807, 2.05) is 40.8 Å². The third-order valence-corrected chi connectivity index (χ3v) is 6.92. The lowest BCUT2D eigenvalue weighted by Crippen LogP contribution is -2.37. The molecule has 6 nitrogen and oxygen atoms in total. The van der Waals surface area contributed by atoms with Gasteiger partial charge in [-0.25, -0.2) is 0 Å². The minimum Gasteiger partial charge on any atom is -0.341 e. The molecule has 0 spiro atoms. The molecule has 0 saturated carbocycles. The molecule has 2 fully saturated rings. The quantitative estimate of drug-likeness (QED) is 0.614. The molecule has 7 heteroatoms. The van der Waals surface area contributed by atoms with Gasteiger partial charge in [-0.3, -0.25) is 19.3 Å². The van der Waals surface area contributed by atoms with Crippen LogP contribution in [0, 0.1) is 0 Å². The zero-order valence-electron chi connectivity index (χ0n) is 18.2. The summed E-state index contributed by atoms with van der Waals surface area (Å²) in [6, 6.07) is 6.12. The number of rotatable bonds is 6. The lowest BCUT2D eigenvalue weighted by molar-refractivity contribution is -0.132. The van der Waals surface area contributed by atoms with E-state index in [0.29, 0.717) is 18.0 Å². The molecule has 31 heavy (non-hydrogen) atoms. The molecule has 3 amide bonds.